The first-order valence-electron chi connectivity index (χ1n) is 7.76. The highest BCUT2D eigenvalue weighted by molar-refractivity contribution is 7.99. The van der Waals surface area contributed by atoms with Crippen LogP contribution in [-0.4, -0.2) is 20.1 Å². The van der Waals surface area contributed by atoms with Crippen LogP contribution in [0.5, 0.6) is 0 Å². The summed E-state index contributed by atoms with van der Waals surface area (Å²) in [7, 11) is 0. The van der Waals surface area contributed by atoms with Crippen LogP contribution in [0, 0.1) is 0 Å². The third kappa shape index (κ3) is 3.33. The largest absolute Gasteiger partial charge is 0.451 e. The van der Waals surface area contributed by atoms with Crippen molar-refractivity contribution in [2.45, 2.75) is 42.1 Å². The van der Waals surface area contributed by atoms with Gasteiger partial charge in [0.1, 0.15) is 5.03 Å². The average molecular weight is 366 g/mol. The Morgan fingerprint density at radius 2 is 1.92 bits per heavy atom. The summed E-state index contributed by atoms with van der Waals surface area (Å²) in [6, 6.07) is 6.63. The summed E-state index contributed by atoms with van der Waals surface area (Å²) in [5.74, 6) is 0.269. The minimum absolute atomic E-state index is 0.247. The monoisotopic (exact) mass is 366 g/mol. The minimum Gasteiger partial charge on any atom is -0.338 e. The third-order valence-corrected chi connectivity index (χ3v) is 4.95. The smallest absolute Gasteiger partial charge is 0.338 e. The standard InChI is InChI=1S/C16H13F3N4OS/c1-8(13-21-12(23-24-13)9-6-7-9)25-14-10-4-2-3-5-11(10)20-15(22-14)16(17,18)19/h2-5,8-9H,6-7H2,1H3/t8-/m0/s1. The molecule has 4 rings (SSSR count). The van der Waals surface area contributed by atoms with Gasteiger partial charge in [0.2, 0.25) is 11.7 Å². The quantitative estimate of drug-likeness (QED) is 0.490. The molecule has 0 unspecified atom stereocenters. The van der Waals surface area contributed by atoms with E-state index < -0.39 is 12.0 Å². The Morgan fingerprint density at radius 3 is 2.64 bits per heavy atom. The molecule has 2 heterocycles. The summed E-state index contributed by atoms with van der Waals surface area (Å²) in [4.78, 5) is 11.7. The van der Waals surface area contributed by atoms with Crippen LogP contribution >= 0.6 is 11.8 Å². The van der Waals surface area contributed by atoms with E-state index in [1.807, 2.05) is 0 Å². The number of hydrogen-bond acceptors (Lipinski definition) is 6. The van der Waals surface area contributed by atoms with E-state index in [-0.39, 0.29) is 15.8 Å². The maximum atomic E-state index is 13.1. The van der Waals surface area contributed by atoms with Gasteiger partial charge in [0.05, 0.1) is 10.8 Å². The number of fused-ring (bicyclic) bond motifs is 1. The number of alkyl halides is 3. The van der Waals surface area contributed by atoms with E-state index in [0.29, 0.717) is 23.0 Å². The molecule has 0 spiro atoms. The first-order chi connectivity index (χ1) is 11.9. The van der Waals surface area contributed by atoms with E-state index in [1.165, 1.54) is 0 Å². The number of nitrogens with zero attached hydrogens (tertiary/aromatic N) is 4. The van der Waals surface area contributed by atoms with Crippen LogP contribution in [0.1, 0.15) is 48.5 Å². The lowest BCUT2D eigenvalue weighted by Crippen LogP contribution is -2.12. The Labute approximate surface area is 145 Å². The highest BCUT2D eigenvalue weighted by Gasteiger charge is 2.36. The molecule has 0 saturated heterocycles. The van der Waals surface area contributed by atoms with Crippen LogP contribution < -0.4 is 0 Å². The number of benzene rings is 1. The molecule has 0 amide bonds. The molecule has 0 N–H and O–H groups in total. The zero-order chi connectivity index (χ0) is 17.6. The Bertz CT molecular complexity index is 923. The van der Waals surface area contributed by atoms with Crippen molar-refractivity contribution in [2.24, 2.45) is 0 Å². The second-order valence-corrected chi connectivity index (χ2v) is 7.22. The van der Waals surface area contributed by atoms with Crippen LogP contribution in [0.2, 0.25) is 0 Å². The van der Waals surface area contributed by atoms with E-state index in [2.05, 4.69) is 20.1 Å². The van der Waals surface area contributed by atoms with Gasteiger partial charge in [0, 0.05) is 11.3 Å². The molecule has 1 aromatic carbocycles. The van der Waals surface area contributed by atoms with Gasteiger partial charge in [-0.15, -0.1) is 0 Å². The van der Waals surface area contributed by atoms with Crippen LogP contribution in [0.15, 0.2) is 33.8 Å². The second-order valence-electron chi connectivity index (χ2n) is 5.89. The topological polar surface area (TPSA) is 64.7 Å². The molecule has 25 heavy (non-hydrogen) atoms. The van der Waals surface area contributed by atoms with Crippen molar-refractivity contribution < 1.29 is 17.7 Å². The fourth-order valence-electron chi connectivity index (χ4n) is 2.40. The normalized spacial score (nSPS) is 16.3. The molecule has 1 aliphatic carbocycles. The SMILES string of the molecule is C[C@H](Sc1nc(C(F)(F)F)nc2ccccc12)c1nc(C2CC2)no1. The molecule has 130 valence electrons. The molecule has 1 aliphatic rings. The van der Waals surface area contributed by atoms with Gasteiger partial charge in [-0.2, -0.15) is 18.2 Å². The fraction of sp³-hybridized carbons (Fsp3) is 0.375. The molecule has 1 atom stereocenters. The van der Waals surface area contributed by atoms with E-state index in [0.717, 1.165) is 24.6 Å². The third-order valence-electron chi connectivity index (χ3n) is 3.86. The molecule has 9 heteroatoms. The van der Waals surface area contributed by atoms with Crippen LogP contribution in [0.4, 0.5) is 13.2 Å². The van der Waals surface area contributed by atoms with Crippen molar-refractivity contribution in [1.82, 2.24) is 20.1 Å². The Morgan fingerprint density at radius 1 is 1.16 bits per heavy atom. The summed E-state index contributed by atoms with van der Waals surface area (Å²) in [5, 5.41) is 4.44. The van der Waals surface area contributed by atoms with Crippen molar-refractivity contribution in [2.75, 3.05) is 0 Å². The number of para-hydroxylation sites is 1. The zero-order valence-corrected chi connectivity index (χ0v) is 13.9. The van der Waals surface area contributed by atoms with Gasteiger partial charge in [-0.05, 0) is 25.8 Å². The molecule has 0 radical (unpaired) electrons. The molecule has 1 fully saturated rings. The maximum Gasteiger partial charge on any atom is 0.451 e. The molecule has 3 aromatic rings. The summed E-state index contributed by atoms with van der Waals surface area (Å²) in [6.07, 6.45) is -2.51. The van der Waals surface area contributed by atoms with Crippen LogP contribution in [0.25, 0.3) is 10.9 Å². The summed E-state index contributed by atoms with van der Waals surface area (Å²) in [6.45, 7) is 1.80. The molecule has 2 aromatic heterocycles. The number of halogens is 3. The molecule has 5 nitrogen and oxygen atoms in total. The first-order valence-corrected chi connectivity index (χ1v) is 8.64. The summed E-state index contributed by atoms with van der Waals surface area (Å²) in [5.41, 5.74) is 0.253. The molecular weight excluding hydrogens is 353 g/mol. The van der Waals surface area contributed by atoms with E-state index in [9.17, 15) is 13.2 Å². The van der Waals surface area contributed by atoms with Gasteiger partial charge in [-0.3, -0.25) is 0 Å². The van der Waals surface area contributed by atoms with Gasteiger partial charge >= 0.3 is 6.18 Å². The molecular formula is C16H13F3N4OS. The molecule has 1 saturated carbocycles. The fourth-order valence-corrected chi connectivity index (χ4v) is 3.37. The van der Waals surface area contributed by atoms with Crippen molar-refractivity contribution >= 4 is 22.7 Å². The lowest BCUT2D eigenvalue weighted by atomic mass is 10.2. The highest BCUT2D eigenvalue weighted by atomic mass is 32.2. The van der Waals surface area contributed by atoms with Gasteiger partial charge in [0.25, 0.3) is 0 Å². The lowest BCUT2D eigenvalue weighted by molar-refractivity contribution is -0.145. The van der Waals surface area contributed by atoms with Crippen molar-refractivity contribution in [3.05, 3.63) is 41.8 Å². The number of hydrogen-bond donors (Lipinski definition) is 0. The lowest BCUT2D eigenvalue weighted by Gasteiger charge is -2.12. The van der Waals surface area contributed by atoms with Gasteiger partial charge in [-0.1, -0.05) is 35.1 Å². The van der Waals surface area contributed by atoms with E-state index in [4.69, 9.17) is 4.52 Å². The van der Waals surface area contributed by atoms with E-state index >= 15 is 0 Å². The predicted octanol–water partition coefficient (Wildman–Crippen LogP) is 4.76. The minimum atomic E-state index is -4.60. The predicted molar refractivity (Wildman–Crippen MR) is 85.1 cm³/mol. The van der Waals surface area contributed by atoms with Gasteiger partial charge in [0.15, 0.2) is 5.82 Å². The zero-order valence-electron chi connectivity index (χ0n) is 13.1. The van der Waals surface area contributed by atoms with Crippen LogP contribution in [-0.2, 0) is 6.18 Å². The number of thioether (sulfide) groups is 1. The number of rotatable bonds is 4. The van der Waals surface area contributed by atoms with Crippen molar-refractivity contribution in [1.29, 1.82) is 0 Å². The Hall–Kier alpha value is -2.16. The Balaban J connectivity index is 1.69. The summed E-state index contributed by atoms with van der Waals surface area (Å²) < 4.78 is 44.5. The Kier molecular flexibility index (Phi) is 3.90. The first kappa shape index (κ1) is 16.3. The average Bonchev–Trinajstić information content (AvgIpc) is 3.30. The van der Waals surface area contributed by atoms with E-state index in [1.54, 1.807) is 31.2 Å². The maximum absolute atomic E-state index is 13.1. The molecule has 0 aliphatic heterocycles. The highest BCUT2D eigenvalue weighted by Crippen LogP contribution is 2.41. The van der Waals surface area contributed by atoms with Gasteiger partial charge in [-0.25, -0.2) is 9.97 Å². The van der Waals surface area contributed by atoms with Gasteiger partial charge < -0.3 is 4.52 Å². The second kappa shape index (κ2) is 5.98. The van der Waals surface area contributed by atoms with Crippen molar-refractivity contribution in [3.63, 3.8) is 0 Å². The van der Waals surface area contributed by atoms with Crippen LogP contribution in [0.3, 0.4) is 0 Å². The molecule has 0 bridgehead atoms. The van der Waals surface area contributed by atoms with Crippen molar-refractivity contribution in [3.8, 4) is 0 Å². The summed E-state index contributed by atoms with van der Waals surface area (Å²) >= 11 is 1.15. The number of aromatic nitrogens is 4.